The van der Waals surface area contributed by atoms with Gasteiger partial charge in [-0.3, -0.25) is 4.72 Å². The maximum absolute atomic E-state index is 11.4. The summed E-state index contributed by atoms with van der Waals surface area (Å²) in [5.41, 5.74) is 2.51. The fourth-order valence-corrected chi connectivity index (χ4v) is 2.89. The van der Waals surface area contributed by atoms with E-state index in [4.69, 9.17) is 7.85 Å². The van der Waals surface area contributed by atoms with Gasteiger partial charge >= 0.3 is 0 Å². The Morgan fingerprint density at radius 3 is 2.78 bits per heavy atom. The quantitative estimate of drug-likeness (QED) is 0.424. The van der Waals surface area contributed by atoms with E-state index < -0.39 is 10.0 Å². The average molecular weight is 383 g/mol. The summed E-state index contributed by atoms with van der Waals surface area (Å²) in [4.78, 5) is 15.5. The summed E-state index contributed by atoms with van der Waals surface area (Å²) in [5.74, 6) is 0.849. The van der Waals surface area contributed by atoms with Crippen molar-refractivity contribution < 1.29 is 8.42 Å². The molecule has 0 fully saturated rings. The van der Waals surface area contributed by atoms with Crippen molar-refractivity contribution in [3.05, 3.63) is 48.7 Å². The molecule has 27 heavy (non-hydrogen) atoms. The van der Waals surface area contributed by atoms with Crippen molar-refractivity contribution in [3.8, 4) is 0 Å². The van der Waals surface area contributed by atoms with Gasteiger partial charge in [0.05, 0.1) is 18.3 Å². The molecular formula is C16H18BN7O2S. The van der Waals surface area contributed by atoms with Crippen molar-refractivity contribution in [3.63, 3.8) is 0 Å². The van der Waals surface area contributed by atoms with Gasteiger partial charge in [-0.25, -0.2) is 18.4 Å². The zero-order valence-corrected chi connectivity index (χ0v) is 15.4. The van der Waals surface area contributed by atoms with E-state index in [0.717, 1.165) is 18.4 Å². The summed E-state index contributed by atoms with van der Waals surface area (Å²) in [6, 6.07) is 6.79. The fraction of sp³-hybridized carbons (Fsp3) is 0.188. The third kappa shape index (κ3) is 5.71. The number of imidazole rings is 1. The van der Waals surface area contributed by atoms with E-state index in [1.807, 2.05) is 0 Å². The van der Waals surface area contributed by atoms with Crippen molar-refractivity contribution in [1.82, 2.24) is 19.9 Å². The Morgan fingerprint density at radius 1 is 1.22 bits per heavy atom. The highest BCUT2D eigenvalue weighted by molar-refractivity contribution is 7.92. The van der Waals surface area contributed by atoms with Crippen molar-refractivity contribution in [2.75, 3.05) is 28.2 Å². The van der Waals surface area contributed by atoms with Crippen LogP contribution >= 0.6 is 0 Å². The molecule has 2 radical (unpaired) electrons. The van der Waals surface area contributed by atoms with E-state index in [2.05, 4.69) is 35.3 Å². The molecule has 0 unspecified atom stereocenters. The van der Waals surface area contributed by atoms with Crippen LogP contribution in [-0.4, -0.2) is 49.0 Å². The smallest absolute Gasteiger partial charge is 0.229 e. The second kappa shape index (κ2) is 8.08. The molecule has 0 aliphatic rings. The Hall–Kier alpha value is -3.08. The molecule has 0 saturated carbocycles. The van der Waals surface area contributed by atoms with Gasteiger partial charge in [0.2, 0.25) is 16.0 Å². The highest BCUT2D eigenvalue weighted by Crippen LogP contribution is 2.19. The number of aromatic amines is 1. The molecule has 4 N–H and O–H groups in total. The Labute approximate surface area is 158 Å². The fourth-order valence-electron chi connectivity index (χ4n) is 2.33. The van der Waals surface area contributed by atoms with Gasteiger partial charge in [0.15, 0.2) is 0 Å². The van der Waals surface area contributed by atoms with Crippen LogP contribution in [0.1, 0.15) is 5.69 Å². The van der Waals surface area contributed by atoms with Crippen LogP contribution in [0.25, 0.3) is 0 Å². The molecule has 0 aliphatic carbocycles. The third-order valence-corrected chi connectivity index (χ3v) is 4.09. The highest BCUT2D eigenvalue weighted by Gasteiger charge is 2.06. The molecule has 1 aromatic carbocycles. The number of nitrogens with zero attached hydrogens (tertiary/aromatic N) is 3. The molecule has 138 valence electrons. The number of benzene rings is 1. The lowest BCUT2D eigenvalue weighted by Gasteiger charge is -2.12. The molecule has 3 rings (SSSR count). The summed E-state index contributed by atoms with van der Waals surface area (Å²) in [6.45, 7) is 0.622. The summed E-state index contributed by atoms with van der Waals surface area (Å²) in [7, 11) is 2.57. The number of sulfonamides is 1. The number of aromatic nitrogens is 4. The zero-order chi connectivity index (χ0) is 19.3. The lowest BCUT2D eigenvalue weighted by Crippen LogP contribution is -2.18. The Kier molecular flexibility index (Phi) is 5.60. The van der Waals surface area contributed by atoms with Gasteiger partial charge in [0.25, 0.3) is 0 Å². The Balaban J connectivity index is 1.67. The molecule has 2 aromatic heterocycles. The van der Waals surface area contributed by atoms with Gasteiger partial charge in [-0.1, -0.05) is 6.07 Å². The van der Waals surface area contributed by atoms with Crippen LogP contribution in [-0.2, 0) is 16.4 Å². The first-order valence-corrected chi connectivity index (χ1v) is 9.97. The van der Waals surface area contributed by atoms with Gasteiger partial charge in [-0.05, 0) is 23.7 Å². The maximum Gasteiger partial charge on any atom is 0.229 e. The van der Waals surface area contributed by atoms with E-state index in [1.165, 1.54) is 6.20 Å². The first-order chi connectivity index (χ1) is 12.9. The van der Waals surface area contributed by atoms with Crippen LogP contribution in [0.15, 0.2) is 43.0 Å². The van der Waals surface area contributed by atoms with Crippen molar-refractivity contribution in [2.24, 2.45) is 0 Å². The predicted molar refractivity (Wildman–Crippen MR) is 106 cm³/mol. The van der Waals surface area contributed by atoms with Crippen LogP contribution in [0.3, 0.4) is 0 Å². The van der Waals surface area contributed by atoms with E-state index in [9.17, 15) is 8.42 Å². The van der Waals surface area contributed by atoms with Crippen LogP contribution in [0.4, 0.5) is 23.1 Å². The molecule has 0 atom stereocenters. The number of hydrogen-bond acceptors (Lipinski definition) is 7. The molecule has 11 heteroatoms. The topological polar surface area (TPSA) is 125 Å². The Bertz CT molecular complexity index is 1010. The minimum Gasteiger partial charge on any atom is -0.370 e. The van der Waals surface area contributed by atoms with Crippen molar-refractivity contribution in [2.45, 2.75) is 6.42 Å². The minimum absolute atomic E-state index is 0.338. The first-order valence-electron chi connectivity index (χ1n) is 8.07. The monoisotopic (exact) mass is 383 g/mol. The largest absolute Gasteiger partial charge is 0.370 e. The lowest BCUT2D eigenvalue weighted by atomic mass is 9.99. The van der Waals surface area contributed by atoms with Crippen LogP contribution in [0, 0.1) is 0 Å². The molecule has 0 aliphatic heterocycles. The van der Waals surface area contributed by atoms with Gasteiger partial charge < -0.3 is 15.6 Å². The van der Waals surface area contributed by atoms with E-state index in [1.54, 1.807) is 36.8 Å². The average Bonchev–Trinajstić information content (AvgIpc) is 3.10. The van der Waals surface area contributed by atoms with Gasteiger partial charge in [-0.2, -0.15) is 4.98 Å². The summed E-state index contributed by atoms with van der Waals surface area (Å²) in [5, 5.41) is 6.20. The van der Waals surface area contributed by atoms with Crippen LogP contribution in [0.2, 0.25) is 0 Å². The second-order valence-corrected chi connectivity index (χ2v) is 7.58. The first kappa shape index (κ1) is 18.7. The molecule has 2 heterocycles. The van der Waals surface area contributed by atoms with Crippen molar-refractivity contribution in [1.29, 1.82) is 0 Å². The minimum atomic E-state index is -3.35. The maximum atomic E-state index is 11.4. The van der Waals surface area contributed by atoms with Gasteiger partial charge in [0.1, 0.15) is 13.7 Å². The summed E-state index contributed by atoms with van der Waals surface area (Å²) < 4.78 is 25.1. The molecular weight excluding hydrogens is 365 g/mol. The number of rotatable bonds is 8. The van der Waals surface area contributed by atoms with E-state index in [0.29, 0.717) is 35.1 Å². The third-order valence-electron chi connectivity index (χ3n) is 3.48. The second-order valence-electron chi connectivity index (χ2n) is 5.83. The lowest BCUT2D eigenvalue weighted by molar-refractivity contribution is 0.607. The number of anilines is 4. The number of nitrogens with one attached hydrogen (secondary N) is 4. The van der Waals surface area contributed by atoms with E-state index in [-0.39, 0.29) is 0 Å². The highest BCUT2D eigenvalue weighted by atomic mass is 32.2. The zero-order valence-electron chi connectivity index (χ0n) is 14.6. The normalized spacial score (nSPS) is 11.1. The summed E-state index contributed by atoms with van der Waals surface area (Å²) >= 11 is 0. The van der Waals surface area contributed by atoms with Gasteiger partial charge in [-0.15, -0.1) is 0 Å². The standard InChI is InChI=1S/C16H18BN7O2S/c1-27(25,26)24-12-4-2-3-11(7-12)22-16-20-9-14(17)15(23-16)19-6-5-13-8-18-10-21-13/h2-4,7-10,24H,5-6H2,1H3,(H,18,21)(H2,19,20,22,23). The summed E-state index contributed by atoms with van der Waals surface area (Å²) in [6.07, 6.45) is 6.73. The van der Waals surface area contributed by atoms with Crippen LogP contribution in [0.5, 0.6) is 0 Å². The van der Waals surface area contributed by atoms with E-state index >= 15 is 0 Å². The molecule has 3 aromatic rings. The number of H-pyrrole nitrogens is 1. The Morgan fingerprint density at radius 2 is 2.04 bits per heavy atom. The molecule has 0 spiro atoms. The molecule has 0 saturated heterocycles. The molecule has 9 nitrogen and oxygen atoms in total. The molecule has 0 bridgehead atoms. The predicted octanol–water partition coefficient (Wildman–Crippen LogP) is 0.763. The molecule has 0 amide bonds. The van der Waals surface area contributed by atoms with Crippen LogP contribution < -0.4 is 20.8 Å². The SMILES string of the molecule is [B]c1cnc(Nc2cccc(NS(C)(=O)=O)c2)nc1NCCc1cnc[nH]1. The van der Waals surface area contributed by atoms with Gasteiger partial charge in [0, 0.05) is 36.7 Å². The number of hydrogen-bond donors (Lipinski definition) is 4. The van der Waals surface area contributed by atoms with Crippen molar-refractivity contribution >= 4 is 46.5 Å².